The molecule has 7 nitrogen and oxygen atoms in total. The van der Waals surface area contributed by atoms with Crippen molar-refractivity contribution in [2.75, 3.05) is 17.2 Å². The van der Waals surface area contributed by atoms with E-state index in [-0.39, 0.29) is 25.4 Å². The van der Waals surface area contributed by atoms with E-state index < -0.39 is 11.9 Å². The van der Waals surface area contributed by atoms with E-state index in [4.69, 9.17) is 9.47 Å². The predicted octanol–water partition coefficient (Wildman–Crippen LogP) is 7.30. The molecule has 2 amide bonds. The van der Waals surface area contributed by atoms with Crippen LogP contribution in [0.2, 0.25) is 0 Å². The summed E-state index contributed by atoms with van der Waals surface area (Å²) in [4.78, 5) is 36.5. The Kier molecular flexibility index (Phi) is 9.33. The van der Waals surface area contributed by atoms with Crippen LogP contribution in [0.5, 0.6) is 11.5 Å². The molecule has 0 aromatic heterocycles. The van der Waals surface area contributed by atoms with Crippen molar-refractivity contribution in [1.82, 2.24) is 0 Å². The number of hydrogen-bond acceptors (Lipinski definition) is 5. The van der Waals surface area contributed by atoms with Crippen molar-refractivity contribution in [3.8, 4) is 11.5 Å². The highest BCUT2D eigenvalue weighted by atomic mass is 79.9. The SMILES string of the molecule is Cc1c(Br)ccc(NC(=O)COC(=O)CCCC(=O)Nc2ccc(Oc3cccc4ccccc34)cc2)c1C. The lowest BCUT2D eigenvalue weighted by Gasteiger charge is -2.12. The van der Waals surface area contributed by atoms with E-state index in [2.05, 4.69) is 26.6 Å². The fourth-order valence-electron chi connectivity index (χ4n) is 3.96. The van der Waals surface area contributed by atoms with Gasteiger partial charge in [-0.3, -0.25) is 14.4 Å². The monoisotopic (exact) mass is 588 g/mol. The van der Waals surface area contributed by atoms with E-state index in [0.29, 0.717) is 23.5 Å². The van der Waals surface area contributed by atoms with Gasteiger partial charge in [-0.1, -0.05) is 52.3 Å². The van der Waals surface area contributed by atoms with Crippen LogP contribution in [0.25, 0.3) is 10.8 Å². The number of nitrogens with one attached hydrogen (secondary N) is 2. The van der Waals surface area contributed by atoms with E-state index in [1.165, 1.54) is 0 Å². The number of anilines is 2. The van der Waals surface area contributed by atoms with Crippen LogP contribution in [0, 0.1) is 13.8 Å². The number of fused-ring (bicyclic) bond motifs is 1. The van der Waals surface area contributed by atoms with Gasteiger partial charge in [0.2, 0.25) is 5.91 Å². The molecule has 0 spiro atoms. The first-order valence-corrected chi connectivity index (χ1v) is 13.4. The lowest BCUT2D eigenvalue weighted by atomic mass is 10.1. The minimum atomic E-state index is -0.531. The largest absolute Gasteiger partial charge is 0.457 e. The molecule has 2 N–H and O–H groups in total. The number of benzene rings is 4. The number of amides is 2. The molecule has 0 bridgehead atoms. The first-order valence-electron chi connectivity index (χ1n) is 12.6. The van der Waals surface area contributed by atoms with Crippen molar-refractivity contribution in [2.24, 2.45) is 0 Å². The topological polar surface area (TPSA) is 93.7 Å². The number of ether oxygens (including phenoxy) is 2. The summed E-state index contributed by atoms with van der Waals surface area (Å²) in [6.45, 7) is 3.47. The summed E-state index contributed by atoms with van der Waals surface area (Å²) >= 11 is 3.45. The Bertz CT molecular complexity index is 1500. The van der Waals surface area contributed by atoms with Gasteiger partial charge >= 0.3 is 5.97 Å². The van der Waals surface area contributed by atoms with Gasteiger partial charge in [-0.2, -0.15) is 0 Å². The molecular formula is C31H29BrN2O5. The van der Waals surface area contributed by atoms with Gasteiger partial charge in [-0.15, -0.1) is 0 Å². The van der Waals surface area contributed by atoms with Crippen LogP contribution in [0.4, 0.5) is 11.4 Å². The van der Waals surface area contributed by atoms with Gasteiger partial charge in [0.05, 0.1) is 0 Å². The first-order chi connectivity index (χ1) is 18.8. The summed E-state index contributed by atoms with van der Waals surface area (Å²) in [6.07, 6.45) is 0.488. The molecule has 0 saturated carbocycles. The molecule has 200 valence electrons. The van der Waals surface area contributed by atoms with Gasteiger partial charge < -0.3 is 20.1 Å². The molecule has 0 radical (unpaired) electrons. The Labute approximate surface area is 235 Å². The molecule has 0 fully saturated rings. The summed E-state index contributed by atoms with van der Waals surface area (Å²) in [7, 11) is 0. The maximum atomic E-state index is 12.3. The summed E-state index contributed by atoms with van der Waals surface area (Å²) in [6, 6.07) is 24.6. The molecular weight excluding hydrogens is 560 g/mol. The van der Waals surface area contributed by atoms with Crippen LogP contribution >= 0.6 is 15.9 Å². The average molecular weight is 589 g/mol. The Morgan fingerprint density at radius 3 is 2.31 bits per heavy atom. The van der Waals surface area contributed by atoms with Gasteiger partial charge in [-0.25, -0.2) is 0 Å². The van der Waals surface area contributed by atoms with Gasteiger partial charge in [-0.05, 0) is 79.2 Å². The lowest BCUT2D eigenvalue weighted by molar-refractivity contribution is -0.147. The maximum absolute atomic E-state index is 12.3. The third-order valence-electron chi connectivity index (χ3n) is 6.26. The zero-order valence-corrected chi connectivity index (χ0v) is 23.3. The zero-order chi connectivity index (χ0) is 27.8. The lowest BCUT2D eigenvalue weighted by Crippen LogP contribution is -2.21. The van der Waals surface area contributed by atoms with Crippen molar-refractivity contribution < 1.29 is 23.9 Å². The van der Waals surface area contributed by atoms with E-state index in [0.717, 1.165) is 32.1 Å². The molecule has 0 aliphatic heterocycles. The predicted molar refractivity (Wildman–Crippen MR) is 156 cm³/mol. The Balaban J connectivity index is 1.17. The number of halogens is 1. The molecule has 0 aliphatic carbocycles. The second-order valence-corrected chi connectivity index (χ2v) is 9.91. The second-order valence-electron chi connectivity index (χ2n) is 9.06. The van der Waals surface area contributed by atoms with Gasteiger partial charge in [0, 0.05) is 34.1 Å². The highest BCUT2D eigenvalue weighted by molar-refractivity contribution is 9.10. The Hall–Kier alpha value is -4.17. The van der Waals surface area contributed by atoms with Crippen molar-refractivity contribution in [3.63, 3.8) is 0 Å². The van der Waals surface area contributed by atoms with Crippen molar-refractivity contribution in [1.29, 1.82) is 0 Å². The minimum absolute atomic E-state index is 0.0366. The number of esters is 1. The number of carbonyl (C=O) groups excluding carboxylic acids is 3. The van der Waals surface area contributed by atoms with Crippen LogP contribution < -0.4 is 15.4 Å². The van der Waals surface area contributed by atoms with Crippen LogP contribution in [0.3, 0.4) is 0 Å². The molecule has 8 heteroatoms. The number of carbonyl (C=O) groups is 3. The van der Waals surface area contributed by atoms with Gasteiger partial charge in [0.1, 0.15) is 11.5 Å². The highest BCUT2D eigenvalue weighted by Crippen LogP contribution is 2.30. The van der Waals surface area contributed by atoms with Crippen LogP contribution in [-0.4, -0.2) is 24.4 Å². The average Bonchev–Trinajstić information content (AvgIpc) is 2.93. The third-order valence-corrected chi connectivity index (χ3v) is 7.12. The quantitative estimate of drug-likeness (QED) is 0.189. The third kappa shape index (κ3) is 7.67. The molecule has 0 heterocycles. The van der Waals surface area contributed by atoms with Crippen molar-refractivity contribution >= 4 is 55.9 Å². The minimum Gasteiger partial charge on any atom is -0.457 e. The molecule has 0 atom stereocenters. The molecule has 4 aromatic rings. The van der Waals surface area contributed by atoms with Crippen LogP contribution in [0.15, 0.2) is 83.3 Å². The van der Waals surface area contributed by atoms with E-state index in [1.807, 2.05) is 62.4 Å². The second kappa shape index (κ2) is 13.1. The number of rotatable bonds is 10. The van der Waals surface area contributed by atoms with E-state index in [9.17, 15) is 14.4 Å². The Morgan fingerprint density at radius 1 is 0.769 bits per heavy atom. The first kappa shape index (κ1) is 27.9. The molecule has 0 aliphatic rings. The van der Waals surface area contributed by atoms with Gasteiger partial charge in [0.25, 0.3) is 5.91 Å². The van der Waals surface area contributed by atoms with Crippen molar-refractivity contribution in [3.05, 3.63) is 94.5 Å². The Morgan fingerprint density at radius 2 is 1.51 bits per heavy atom. The molecule has 4 aromatic carbocycles. The molecule has 4 rings (SSSR count). The maximum Gasteiger partial charge on any atom is 0.306 e. The van der Waals surface area contributed by atoms with Crippen LogP contribution in [-0.2, 0) is 19.1 Å². The number of hydrogen-bond donors (Lipinski definition) is 2. The van der Waals surface area contributed by atoms with E-state index >= 15 is 0 Å². The summed E-state index contributed by atoms with van der Waals surface area (Å²) < 4.78 is 12.0. The van der Waals surface area contributed by atoms with E-state index in [1.54, 1.807) is 30.3 Å². The normalized spacial score (nSPS) is 10.6. The molecule has 0 saturated heterocycles. The fraction of sp³-hybridized carbons (Fsp3) is 0.194. The molecule has 0 unspecified atom stereocenters. The van der Waals surface area contributed by atoms with Gasteiger partial charge in [0.15, 0.2) is 6.61 Å². The van der Waals surface area contributed by atoms with Crippen LogP contribution in [0.1, 0.15) is 30.4 Å². The standard InChI is InChI=1S/C31H29BrN2O5/c1-20-21(2)27(18-17-26(20)32)34-30(36)19-38-31(37)12-6-11-29(35)33-23-13-15-24(16-14-23)39-28-10-5-8-22-7-3-4-9-25(22)28/h3-5,7-10,13-18H,6,11-12,19H2,1-2H3,(H,33,35)(H,34,36). The summed E-state index contributed by atoms with van der Waals surface area (Å²) in [5.41, 5.74) is 3.25. The molecule has 39 heavy (non-hydrogen) atoms. The highest BCUT2D eigenvalue weighted by Gasteiger charge is 2.12. The fourth-order valence-corrected chi connectivity index (χ4v) is 4.39. The smallest absolute Gasteiger partial charge is 0.306 e. The summed E-state index contributed by atoms with van der Waals surface area (Å²) in [5.74, 6) is 0.245. The zero-order valence-electron chi connectivity index (χ0n) is 21.8. The summed E-state index contributed by atoms with van der Waals surface area (Å²) in [5, 5.41) is 7.68. The van der Waals surface area contributed by atoms with Crippen molar-refractivity contribution in [2.45, 2.75) is 33.1 Å².